The highest BCUT2D eigenvalue weighted by atomic mass is 32.1. The van der Waals surface area contributed by atoms with Gasteiger partial charge in [0.1, 0.15) is 10.7 Å². The fourth-order valence-corrected chi connectivity index (χ4v) is 2.06. The predicted octanol–water partition coefficient (Wildman–Crippen LogP) is 2.25. The summed E-state index contributed by atoms with van der Waals surface area (Å²) in [5.74, 6) is 2.52. The summed E-state index contributed by atoms with van der Waals surface area (Å²) >= 11 is 1.55. The van der Waals surface area contributed by atoms with Crippen molar-refractivity contribution >= 4 is 11.3 Å². The maximum absolute atomic E-state index is 5.58. The Hall–Kier alpha value is -1.63. The molecule has 2 rings (SSSR count). The molecule has 0 bridgehead atoms. The second-order valence-electron chi connectivity index (χ2n) is 3.09. The van der Waals surface area contributed by atoms with Gasteiger partial charge in [0.2, 0.25) is 0 Å². The number of terminal acetylenes is 1. The molecule has 0 saturated carbocycles. The van der Waals surface area contributed by atoms with Gasteiger partial charge in [0.05, 0.1) is 0 Å². The summed E-state index contributed by atoms with van der Waals surface area (Å²) in [6.07, 6.45) is 5.27. The van der Waals surface area contributed by atoms with E-state index in [0.29, 0.717) is 12.2 Å². The number of thiazole rings is 1. The van der Waals surface area contributed by atoms with Crippen molar-refractivity contribution in [2.45, 2.75) is 6.54 Å². The third-order valence-electron chi connectivity index (χ3n) is 2.06. The van der Waals surface area contributed by atoms with Gasteiger partial charge in [-0.1, -0.05) is 18.2 Å². The molecule has 0 unspecified atom stereocenters. The zero-order chi connectivity index (χ0) is 10.7. The molecule has 0 aliphatic heterocycles. The van der Waals surface area contributed by atoms with Crippen LogP contribution in [0.2, 0.25) is 0 Å². The molecule has 2 aromatic rings. The lowest BCUT2D eigenvalue weighted by Crippen LogP contribution is -1.95. The second kappa shape index (κ2) is 4.26. The lowest BCUT2D eigenvalue weighted by atomic mass is 10.1. The minimum Gasteiger partial charge on any atom is -0.326 e. The molecule has 1 aromatic carbocycles. The van der Waals surface area contributed by atoms with Crippen LogP contribution >= 0.6 is 11.3 Å². The minimum atomic E-state index is 0.543. The molecule has 1 heterocycles. The lowest BCUT2D eigenvalue weighted by molar-refractivity contribution is 1.07. The molecule has 2 nitrogen and oxygen atoms in total. The van der Waals surface area contributed by atoms with E-state index >= 15 is 0 Å². The molecular weight excluding hydrogens is 204 g/mol. The van der Waals surface area contributed by atoms with E-state index in [-0.39, 0.29) is 0 Å². The molecule has 2 N–H and O–H groups in total. The van der Waals surface area contributed by atoms with E-state index < -0.39 is 0 Å². The van der Waals surface area contributed by atoms with Crippen molar-refractivity contribution in [1.29, 1.82) is 0 Å². The van der Waals surface area contributed by atoms with E-state index in [1.807, 2.05) is 29.6 Å². The summed E-state index contributed by atoms with van der Waals surface area (Å²) in [5.41, 5.74) is 8.44. The van der Waals surface area contributed by atoms with Crippen LogP contribution in [0.5, 0.6) is 0 Å². The largest absolute Gasteiger partial charge is 0.326 e. The van der Waals surface area contributed by atoms with Gasteiger partial charge in [0.15, 0.2) is 0 Å². The Balaban J connectivity index is 2.41. The number of rotatable bonds is 2. The van der Waals surface area contributed by atoms with E-state index in [1.54, 1.807) is 11.3 Å². The van der Waals surface area contributed by atoms with Crippen molar-refractivity contribution in [3.8, 4) is 22.9 Å². The fourth-order valence-electron chi connectivity index (χ4n) is 1.30. The first-order chi connectivity index (χ1) is 7.33. The normalized spacial score (nSPS) is 9.87. The van der Waals surface area contributed by atoms with E-state index in [2.05, 4.69) is 10.9 Å². The van der Waals surface area contributed by atoms with E-state index in [4.69, 9.17) is 12.2 Å². The van der Waals surface area contributed by atoms with Crippen LogP contribution in [0.25, 0.3) is 10.6 Å². The van der Waals surface area contributed by atoms with Crippen LogP contribution in [0.3, 0.4) is 0 Å². The van der Waals surface area contributed by atoms with E-state index in [0.717, 1.165) is 16.1 Å². The third kappa shape index (κ3) is 2.07. The van der Waals surface area contributed by atoms with Crippen molar-refractivity contribution in [1.82, 2.24) is 4.98 Å². The second-order valence-corrected chi connectivity index (χ2v) is 3.94. The summed E-state index contributed by atoms with van der Waals surface area (Å²) in [4.78, 5) is 4.32. The van der Waals surface area contributed by atoms with Gasteiger partial charge in [0.25, 0.3) is 0 Å². The molecule has 0 spiro atoms. The molecule has 0 atom stereocenters. The zero-order valence-corrected chi connectivity index (χ0v) is 8.92. The van der Waals surface area contributed by atoms with Crippen molar-refractivity contribution in [2.24, 2.45) is 5.73 Å². The topological polar surface area (TPSA) is 38.9 Å². The number of benzene rings is 1. The molecule has 0 amide bonds. The average molecular weight is 214 g/mol. The molecule has 0 fully saturated rings. The highest BCUT2D eigenvalue weighted by Gasteiger charge is 2.03. The summed E-state index contributed by atoms with van der Waals surface area (Å²) in [5, 5.41) is 2.82. The molecular formula is C12H10N2S. The van der Waals surface area contributed by atoms with Crippen LogP contribution in [0.4, 0.5) is 0 Å². The van der Waals surface area contributed by atoms with Gasteiger partial charge < -0.3 is 5.73 Å². The Morgan fingerprint density at radius 1 is 1.47 bits per heavy atom. The number of hydrogen-bond acceptors (Lipinski definition) is 3. The molecule has 3 heteroatoms. The number of nitrogens with zero attached hydrogens (tertiary/aromatic N) is 1. The van der Waals surface area contributed by atoms with Gasteiger partial charge >= 0.3 is 0 Å². The van der Waals surface area contributed by atoms with Gasteiger partial charge in [-0.05, 0) is 17.6 Å². The predicted molar refractivity (Wildman–Crippen MR) is 63.4 cm³/mol. The van der Waals surface area contributed by atoms with Crippen molar-refractivity contribution in [2.75, 3.05) is 0 Å². The summed E-state index contributed by atoms with van der Waals surface area (Å²) < 4.78 is 0. The molecule has 0 saturated heterocycles. The van der Waals surface area contributed by atoms with E-state index in [1.165, 1.54) is 0 Å². The van der Waals surface area contributed by atoms with Crippen molar-refractivity contribution < 1.29 is 0 Å². The lowest BCUT2D eigenvalue weighted by Gasteiger charge is -1.99. The highest BCUT2D eigenvalue weighted by molar-refractivity contribution is 7.13. The Bertz CT molecular complexity index is 508. The monoisotopic (exact) mass is 214 g/mol. The van der Waals surface area contributed by atoms with Crippen molar-refractivity contribution in [3.63, 3.8) is 0 Å². The first-order valence-electron chi connectivity index (χ1n) is 4.55. The standard InChI is InChI=1S/C12H10N2S/c1-2-11-8-15-12(14-11)10-5-3-4-9(6-10)7-13/h1,3-6,8H,7,13H2. The Kier molecular flexibility index (Phi) is 2.82. The Labute approximate surface area is 92.8 Å². The Morgan fingerprint density at radius 2 is 2.33 bits per heavy atom. The highest BCUT2D eigenvalue weighted by Crippen LogP contribution is 2.24. The van der Waals surface area contributed by atoms with Gasteiger partial charge in [-0.15, -0.1) is 17.8 Å². The molecule has 0 aliphatic carbocycles. The van der Waals surface area contributed by atoms with Crippen LogP contribution in [0.1, 0.15) is 11.3 Å². The first-order valence-corrected chi connectivity index (χ1v) is 5.43. The van der Waals surface area contributed by atoms with Crippen LogP contribution in [0, 0.1) is 12.3 Å². The zero-order valence-electron chi connectivity index (χ0n) is 8.10. The number of hydrogen-bond donors (Lipinski definition) is 1. The van der Waals surface area contributed by atoms with Gasteiger partial charge in [-0.2, -0.15) is 0 Å². The van der Waals surface area contributed by atoms with Crippen LogP contribution < -0.4 is 5.73 Å². The van der Waals surface area contributed by atoms with Crippen LogP contribution in [-0.4, -0.2) is 4.98 Å². The molecule has 0 aliphatic rings. The van der Waals surface area contributed by atoms with Crippen LogP contribution in [-0.2, 0) is 6.54 Å². The minimum absolute atomic E-state index is 0.543. The quantitative estimate of drug-likeness (QED) is 0.779. The summed E-state index contributed by atoms with van der Waals surface area (Å²) in [6.45, 7) is 0.543. The van der Waals surface area contributed by atoms with Crippen molar-refractivity contribution in [3.05, 3.63) is 40.9 Å². The summed E-state index contributed by atoms with van der Waals surface area (Å²) in [7, 11) is 0. The smallest absolute Gasteiger partial charge is 0.124 e. The third-order valence-corrected chi connectivity index (χ3v) is 2.95. The average Bonchev–Trinajstić information content (AvgIpc) is 2.78. The maximum atomic E-state index is 5.58. The number of nitrogens with two attached hydrogens (primary N) is 1. The van der Waals surface area contributed by atoms with Crippen LogP contribution in [0.15, 0.2) is 29.6 Å². The molecule has 15 heavy (non-hydrogen) atoms. The van der Waals surface area contributed by atoms with E-state index in [9.17, 15) is 0 Å². The van der Waals surface area contributed by atoms with Gasteiger partial charge in [0, 0.05) is 17.5 Å². The number of aromatic nitrogens is 1. The Morgan fingerprint density at radius 3 is 3.00 bits per heavy atom. The first kappa shape index (κ1) is 9.91. The van der Waals surface area contributed by atoms with Gasteiger partial charge in [-0.25, -0.2) is 4.98 Å². The SMILES string of the molecule is C#Cc1csc(-c2cccc(CN)c2)n1. The van der Waals surface area contributed by atoms with Gasteiger partial charge in [-0.3, -0.25) is 0 Å². The molecule has 74 valence electrons. The summed E-state index contributed by atoms with van der Waals surface area (Å²) in [6, 6.07) is 8.03. The molecule has 0 radical (unpaired) electrons. The maximum Gasteiger partial charge on any atom is 0.124 e. The molecule has 1 aromatic heterocycles. The fraction of sp³-hybridized carbons (Fsp3) is 0.0833.